The van der Waals surface area contributed by atoms with Crippen molar-refractivity contribution in [1.82, 2.24) is 5.32 Å². The van der Waals surface area contributed by atoms with Crippen molar-refractivity contribution in [3.05, 3.63) is 24.4 Å². The molecule has 0 saturated carbocycles. The highest BCUT2D eigenvalue weighted by molar-refractivity contribution is 5.75. The van der Waals surface area contributed by atoms with E-state index in [9.17, 15) is 0 Å². The molecule has 0 bridgehead atoms. The van der Waals surface area contributed by atoms with E-state index in [0.29, 0.717) is 0 Å². The summed E-state index contributed by atoms with van der Waals surface area (Å²) >= 11 is 0. The number of hydrogen-bond acceptors (Lipinski definition) is 2. The third-order valence-corrected chi connectivity index (χ3v) is 0.834. The Morgan fingerprint density at radius 2 is 2.44 bits per heavy atom. The van der Waals surface area contributed by atoms with Gasteiger partial charge < -0.3 is 10.7 Å². The molecule has 0 atom stereocenters. The highest BCUT2D eigenvalue weighted by Gasteiger charge is 1.82. The highest BCUT2D eigenvalue weighted by Crippen LogP contribution is 1.81. The second kappa shape index (κ2) is 5.09. The molecule has 0 aliphatic rings. The van der Waals surface area contributed by atoms with E-state index in [1.54, 1.807) is 12.2 Å². The first-order chi connectivity index (χ1) is 4.35. The molecule has 0 amide bonds. The van der Waals surface area contributed by atoms with Crippen molar-refractivity contribution >= 4 is 6.21 Å². The van der Waals surface area contributed by atoms with E-state index in [0.717, 1.165) is 12.2 Å². The van der Waals surface area contributed by atoms with Gasteiger partial charge in [-0.1, -0.05) is 12.7 Å². The lowest BCUT2D eigenvalue weighted by Gasteiger charge is -1.98. The van der Waals surface area contributed by atoms with Crippen molar-refractivity contribution in [1.29, 1.82) is 5.41 Å². The SMILES string of the molecule is C=C/C=C(\C=N)NCC. The van der Waals surface area contributed by atoms with Crippen LogP contribution in [0.25, 0.3) is 0 Å². The van der Waals surface area contributed by atoms with Crippen molar-refractivity contribution in [2.75, 3.05) is 6.54 Å². The standard InChI is InChI=1S/C7H12N2/c1-3-5-7(6-8)9-4-2/h3,5-6,8-9H,1,4H2,2H3/b7-5+,8-6?. The van der Waals surface area contributed by atoms with Crippen LogP contribution in [-0.4, -0.2) is 12.8 Å². The molecule has 9 heavy (non-hydrogen) atoms. The lowest BCUT2D eigenvalue weighted by molar-refractivity contribution is 0.893. The Labute approximate surface area is 55.8 Å². The summed E-state index contributed by atoms with van der Waals surface area (Å²) in [5, 5.41) is 9.84. The maximum atomic E-state index is 6.86. The van der Waals surface area contributed by atoms with Crippen LogP contribution in [0.2, 0.25) is 0 Å². The molecule has 0 aromatic rings. The first kappa shape index (κ1) is 7.95. The molecule has 0 aromatic heterocycles. The van der Waals surface area contributed by atoms with Crippen LogP contribution in [0.15, 0.2) is 24.4 Å². The van der Waals surface area contributed by atoms with Gasteiger partial charge in [0.15, 0.2) is 0 Å². The lowest BCUT2D eigenvalue weighted by atomic mass is 10.4. The second-order valence-corrected chi connectivity index (χ2v) is 1.53. The van der Waals surface area contributed by atoms with Gasteiger partial charge in [-0.15, -0.1) is 0 Å². The molecule has 2 N–H and O–H groups in total. The topological polar surface area (TPSA) is 35.9 Å². The molecule has 0 heterocycles. The third-order valence-electron chi connectivity index (χ3n) is 0.834. The minimum Gasteiger partial charge on any atom is -0.384 e. The number of hydrogen-bond donors (Lipinski definition) is 2. The van der Waals surface area contributed by atoms with E-state index in [1.165, 1.54) is 6.21 Å². The van der Waals surface area contributed by atoms with Crippen LogP contribution >= 0.6 is 0 Å². The number of nitrogens with one attached hydrogen (secondary N) is 2. The fraction of sp³-hybridized carbons (Fsp3) is 0.286. The van der Waals surface area contributed by atoms with Crippen LogP contribution in [0.1, 0.15) is 6.92 Å². The van der Waals surface area contributed by atoms with E-state index < -0.39 is 0 Å². The molecule has 2 nitrogen and oxygen atoms in total. The van der Waals surface area contributed by atoms with Gasteiger partial charge in [0.25, 0.3) is 0 Å². The van der Waals surface area contributed by atoms with Gasteiger partial charge in [0.2, 0.25) is 0 Å². The zero-order valence-corrected chi connectivity index (χ0v) is 5.65. The largest absolute Gasteiger partial charge is 0.384 e. The highest BCUT2D eigenvalue weighted by atomic mass is 14.9. The van der Waals surface area contributed by atoms with Crippen LogP contribution in [0.5, 0.6) is 0 Å². The van der Waals surface area contributed by atoms with Crippen molar-refractivity contribution in [2.45, 2.75) is 6.92 Å². The van der Waals surface area contributed by atoms with Gasteiger partial charge in [0.1, 0.15) is 0 Å². The van der Waals surface area contributed by atoms with Crippen LogP contribution in [0.3, 0.4) is 0 Å². The fourth-order valence-corrected chi connectivity index (χ4v) is 0.489. The summed E-state index contributed by atoms with van der Waals surface area (Å²) < 4.78 is 0. The van der Waals surface area contributed by atoms with Crippen LogP contribution < -0.4 is 5.32 Å². The van der Waals surface area contributed by atoms with Gasteiger partial charge in [0.05, 0.1) is 5.70 Å². The van der Waals surface area contributed by atoms with E-state index in [4.69, 9.17) is 5.41 Å². The summed E-state index contributed by atoms with van der Waals surface area (Å²) in [6.45, 7) is 6.34. The van der Waals surface area contributed by atoms with Crippen LogP contribution in [-0.2, 0) is 0 Å². The molecule has 0 aliphatic heterocycles. The number of rotatable bonds is 4. The molecule has 0 aromatic carbocycles. The minimum atomic E-state index is 0.799. The minimum absolute atomic E-state index is 0.799. The first-order valence-corrected chi connectivity index (χ1v) is 2.92. The third kappa shape index (κ3) is 3.53. The molecule has 50 valence electrons. The molecule has 0 rings (SSSR count). The smallest absolute Gasteiger partial charge is 0.0518 e. The van der Waals surface area contributed by atoms with E-state index in [1.807, 2.05) is 6.92 Å². The van der Waals surface area contributed by atoms with Crippen molar-refractivity contribution in [2.24, 2.45) is 0 Å². The molecule has 0 saturated heterocycles. The van der Waals surface area contributed by atoms with Crippen LogP contribution in [0.4, 0.5) is 0 Å². The zero-order chi connectivity index (χ0) is 7.11. The summed E-state index contributed by atoms with van der Waals surface area (Å²) in [5.41, 5.74) is 0.799. The molecule has 0 spiro atoms. The van der Waals surface area contributed by atoms with Crippen molar-refractivity contribution < 1.29 is 0 Å². The summed E-state index contributed by atoms with van der Waals surface area (Å²) in [6.07, 6.45) is 4.69. The summed E-state index contributed by atoms with van der Waals surface area (Å²) in [5.74, 6) is 0. The first-order valence-electron chi connectivity index (χ1n) is 2.92. The van der Waals surface area contributed by atoms with Gasteiger partial charge in [-0.3, -0.25) is 0 Å². The van der Waals surface area contributed by atoms with E-state index in [2.05, 4.69) is 11.9 Å². The maximum Gasteiger partial charge on any atom is 0.0518 e. The predicted molar refractivity (Wildman–Crippen MR) is 40.7 cm³/mol. The quantitative estimate of drug-likeness (QED) is 0.430. The Kier molecular flexibility index (Phi) is 4.50. The maximum absolute atomic E-state index is 6.86. The van der Waals surface area contributed by atoms with Gasteiger partial charge in [-0.05, 0) is 13.0 Å². The molecule has 0 radical (unpaired) electrons. The lowest BCUT2D eigenvalue weighted by Crippen LogP contribution is -2.12. The second-order valence-electron chi connectivity index (χ2n) is 1.53. The van der Waals surface area contributed by atoms with Crippen LogP contribution in [0, 0.1) is 5.41 Å². The molecule has 0 fully saturated rings. The van der Waals surface area contributed by atoms with Gasteiger partial charge in [0, 0.05) is 12.8 Å². The van der Waals surface area contributed by atoms with E-state index >= 15 is 0 Å². The molecule has 0 unspecified atom stereocenters. The summed E-state index contributed by atoms with van der Waals surface area (Å²) in [6, 6.07) is 0. The molecule has 2 heteroatoms. The summed E-state index contributed by atoms with van der Waals surface area (Å²) in [7, 11) is 0. The van der Waals surface area contributed by atoms with Gasteiger partial charge >= 0.3 is 0 Å². The summed E-state index contributed by atoms with van der Waals surface area (Å²) in [4.78, 5) is 0. The van der Waals surface area contributed by atoms with Crippen molar-refractivity contribution in [3.8, 4) is 0 Å². The monoisotopic (exact) mass is 124 g/mol. The average molecular weight is 124 g/mol. The Hall–Kier alpha value is -1.05. The zero-order valence-electron chi connectivity index (χ0n) is 5.65. The Bertz CT molecular complexity index is 125. The van der Waals surface area contributed by atoms with E-state index in [-0.39, 0.29) is 0 Å². The Morgan fingerprint density at radius 3 is 2.78 bits per heavy atom. The number of allylic oxidation sites excluding steroid dienone is 3. The van der Waals surface area contributed by atoms with Gasteiger partial charge in [-0.2, -0.15) is 0 Å². The average Bonchev–Trinajstić information content (AvgIpc) is 1.88. The Balaban J connectivity index is 3.80. The van der Waals surface area contributed by atoms with Crippen molar-refractivity contribution in [3.63, 3.8) is 0 Å². The molecular weight excluding hydrogens is 112 g/mol. The van der Waals surface area contributed by atoms with Gasteiger partial charge in [-0.25, -0.2) is 0 Å². The predicted octanol–water partition coefficient (Wildman–Crippen LogP) is 1.32. The fourth-order valence-electron chi connectivity index (χ4n) is 0.489. The normalized spacial score (nSPS) is 10.6. The Morgan fingerprint density at radius 1 is 1.78 bits per heavy atom. The molecular formula is C7H12N2. The molecule has 0 aliphatic carbocycles.